The van der Waals surface area contributed by atoms with Crippen molar-refractivity contribution in [2.24, 2.45) is 7.05 Å². The van der Waals surface area contributed by atoms with Crippen molar-refractivity contribution >= 4 is 0 Å². The van der Waals surface area contributed by atoms with Gasteiger partial charge in [0.15, 0.2) is 0 Å². The molecule has 0 unspecified atom stereocenters. The number of alkyl halides is 2. The zero-order valence-corrected chi connectivity index (χ0v) is 8.62. The number of hydrogen-bond donors (Lipinski definition) is 1. The molecule has 0 amide bonds. The summed E-state index contributed by atoms with van der Waals surface area (Å²) >= 11 is 0. The predicted octanol–water partition coefficient (Wildman–Crippen LogP) is 0.791. The van der Waals surface area contributed by atoms with Crippen LogP contribution >= 0.6 is 0 Å². The van der Waals surface area contributed by atoms with Crippen LogP contribution in [0.15, 0.2) is 12.3 Å². The van der Waals surface area contributed by atoms with Crippen molar-refractivity contribution in [1.82, 2.24) is 15.1 Å². The molecule has 0 aromatic carbocycles. The Morgan fingerprint density at radius 2 is 2.40 bits per heavy atom. The maximum absolute atomic E-state index is 11.7. The van der Waals surface area contributed by atoms with Crippen LogP contribution in [-0.4, -0.2) is 36.0 Å². The van der Waals surface area contributed by atoms with Crippen molar-refractivity contribution < 1.29 is 13.5 Å². The normalized spacial score (nSPS) is 11.2. The first-order valence-corrected chi connectivity index (χ1v) is 4.73. The highest BCUT2D eigenvalue weighted by Gasteiger charge is 2.01. The molecule has 0 bridgehead atoms. The van der Waals surface area contributed by atoms with Crippen molar-refractivity contribution in [3.8, 4) is 0 Å². The van der Waals surface area contributed by atoms with Crippen molar-refractivity contribution in [2.45, 2.75) is 13.0 Å². The molecule has 15 heavy (non-hydrogen) atoms. The molecule has 0 aliphatic heterocycles. The highest BCUT2D eigenvalue weighted by molar-refractivity contribution is 4.98. The van der Waals surface area contributed by atoms with Crippen molar-refractivity contribution in [1.29, 1.82) is 0 Å². The van der Waals surface area contributed by atoms with Gasteiger partial charge in [-0.2, -0.15) is 5.10 Å². The van der Waals surface area contributed by atoms with Gasteiger partial charge in [0.1, 0.15) is 6.61 Å². The third kappa shape index (κ3) is 4.85. The number of nitrogens with one attached hydrogen (secondary N) is 1. The number of nitrogens with zero attached hydrogens (tertiary/aromatic N) is 2. The van der Waals surface area contributed by atoms with Gasteiger partial charge >= 0.3 is 0 Å². The Morgan fingerprint density at radius 3 is 3.00 bits per heavy atom. The third-order valence-electron chi connectivity index (χ3n) is 1.90. The van der Waals surface area contributed by atoms with E-state index in [0.717, 1.165) is 5.69 Å². The molecule has 0 spiro atoms. The van der Waals surface area contributed by atoms with Gasteiger partial charge in [-0.15, -0.1) is 0 Å². The van der Waals surface area contributed by atoms with Crippen molar-refractivity contribution in [3.63, 3.8) is 0 Å². The second-order valence-electron chi connectivity index (χ2n) is 3.09. The number of aromatic nitrogens is 2. The largest absolute Gasteiger partial charge is 0.374 e. The molecule has 0 aliphatic carbocycles. The van der Waals surface area contributed by atoms with Gasteiger partial charge in [-0.25, -0.2) is 8.78 Å². The summed E-state index contributed by atoms with van der Waals surface area (Å²) < 4.78 is 29.8. The number of hydrogen-bond acceptors (Lipinski definition) is 3. The maximum Gasteiger partial charge on any atom is 0.261 e. The minimum atomic E-state index is -2.39. The van der Waals surface area contributed by atoms with E-state index >= 15 is 0 Å². The Balaban J connectivity index is 2.00. The van der Waals surface area contributed by atoms with Gasteiger partial charge < -0.3 is 10.1 Å². The molecule has 86 valence electrons. The van der Waals surface area contributed by atoms with Gasteiger partial charge in [-0.3, -0.25) is 4.68 Å². The fraction of sp³-hybridized carbons (Fsp3) is 0.667. The van der Waals surface area contributed by atoms with Gasteiger partial charge in [0.25, 0.3) is 6.43 Å². The van der Waals surface area contributed by atoms with E-state index in [2.05, 4.69) is 10.4 Å². The lowest BCUT2D eigenvalue weighted by Crippen LogP contribution is -2.21. The van der Waals surface area contributed by atoms with Gasteiger partial charge in [0.2, 0.25) is 0 Å². The molecule has 0 aliphatic rings. The summed E-state index contributed by atoms with van der Waals surface area (Å²) in [5.41, 5.74) is 1.05. The summed E-state index contributed by atoms with van der Waals surface area (Å²) in [4.78, 5) is 0. The Labute approximate surface area is 87.2 Å². The molecular weight excluding hydrogens is 204 g/mol. The monoisotopic (exact) mass is 219 g/mol. The van der Waals surface area contributed by atoms with Crippen molar-refractivity contribution in [3.05, 3.63) is 18.0 Å². The standard InChI is InChI=1S/C9H15F2N3O/c1-14-8(2-3-13-14)6-12-4-5-15-7-9(10)11/h2-3,9,12H,4-7H2,1H3. The average molecular weight is 219 g/mol. The van der Waals surface area contributed by atoms with E-state index in [4.69, 9.17) is 4.74 Å². The molecule has 0 fully saturated rings. The van der Waals surface area contributed by atoms with E-state index in [1.807, 2.05) is 13.1 Å². The lowest BCUT2D eigenvalue weighted by molar-refractivity contribution is 0.0187. The minimum Gasteiger partial charge on any atom is -0.374 e. The Hall–Kier alpha value is -1.01. The fourth-order valence-electron chi connectivity index (χ4n) is 1.11. The summed E-state index contributed by atoms with van der Waals surface area (Å²) in [6.07, 6.45) is -0.674. The van der Waals surface area contributed by atoms with E-state index in [1.165, 1.54) is 0 Å². The van der Waals surface area contributed by atoms with E-state index in [-0.39, 0.29) is 0 Å². The van der Waals surface area contributed by atoms with Gasteiger partial charge in [0, 0.05) is 26.3 Å². The van der Waals surface area contributed by atoms with Crippen LogP contribution in [0.3, 0.4) is 0 Å². The van der Waals surface area contributed by atoms with Gasteiger partial charge in [-0.1, -0.05) is 0 Å². The highest BCUT2D eigenvalue weighted by atomic mass is 19.3. The van der Waals surface area contributed by atoms with Crippen molar-refractivity contribution in [2.75, 3.05) is 19.8 Å². The quantitative estimate of drug-likeness (QED) is 0.689. The summed E-state index contributed by atoms with van der Waals surface area (Å²) in [5, 5.41) is 7.07. The maximum atomic E-state index is 11.7. The molecule has 1 aromatic rings. The minimum absolute atomic E-state index is 0.294. The molecule has 1 rings (SSSR count). The van der Waals surface area contributed by atoms with E-state index in [9.17, 15) is 8.78 Å². The topological polar surface area (TPSA) is 39.1 Å². The molecule has 0 saturated carbocycles. The van der Waals surface area contributed by atoms with Crippen LogP contribution in [0.25, 0.3) is 0 Å². The van der Waals surface area contributed by atoms with Crippen LogP contribution in [-0.2, 0) is 18.3 Å². The van der Waals surface area contributed by atoms with E-state index in [0.29, 0.717) is 19.7 Å². The number of rotatable bonds is 7. The second kappa shape index (κ2) is 6.47. The zero-order chi connectivity index (χ0) is 11.1. The predicted molar refractivity (Wildman–Crippen MR) is 51.7 cm³/mol. The third-order valence-corrected chi connectivity index (χ3v) is 1.90. The van der Waals surface area contributed by atoms with Crippen LogP contribution in [0.1, 0.15) is 5.69 Å². The summed E-state index contributed by atoms with van der Waals surface area (Å²) in [6.45, 7) is 1.02. The van der Waals surface area contributed by atoms with Gasteiger partial charge in [0.05, 0.1) is 12.3 Å². The van der Waals surface area contributed by atoms with Crippen LogP contribution < -0.4 is 5.32 Å². The average Bonchev–Trinajstić information content (AvgIpc) is 2.57. The Morgan fingerprint density at radius 1 is 1.60 bits per heavy atom. The van der Waals surface area contributed by atoms with E-state index < -0.39 is 13.0 Å². The molecule has 4 nitrogen and oxygen atoms in total. The molecule has 0 radical (unpaired) electrons. The molecule has 1 aromatic heterocycles. The first kappa shape index (κ1) is 12.1. The highest BCUT2D eigenvalue weighted by Crippen LogP contribution is 1.95. The lowest BCUT2D eigenvalue weighted by atomic mass is 10.4. The van der Waals surface area contributed by atoms with E-state index in [1.54, 1.807) is 10.9 Å². The van der Waals surface area contributed by atoms with Crippen LogP contribution in [0.4, 0.5) is 8.78 Å². The van der Waals surface area contributed by atoms with Crippen LogP contribution in [0, 0.1) is 0 Å². The molecule has 1 heterocycles. The molecule has 0 saturated heterocycles. The summed E-state index contributed by atoms with van der Waals surface area (Å²) in [5.74, 6) is 0. The Bertz CT molecular complexity index is 278. The summed E-state index contributed by atoms with van der Waals surface area (Å²) in [7, 11) is 1.85. The molecule has 1 N–H and O–H groups in total. The molecular formula is C9H15F2N3O. The molecule has 6 heteroatoms. The lowest BCUT2D eigenvalue weighted by Gasteiger charge is -2.05. The molecule has 0 atom stereocenters. The fourth-order valence-corrected chi connectivity index (χ4v) is 1.11. The summed E-state index contributed by atoms with van der Waals surface area (Å²) in [6, 6.07) is 1.90. The van der Waals surface area contributed by atoms with Gasteiger partial charge in [-0.05, 0) is 6.07 Å². The first-order valence-electron chi connectivity index (χ1n) is 4.73. The van der Waals surface area contributed by atoms with Crippen LogP contribution in [0.2, 0.25) is 0 Å². The SMILES string of the molecule is Cn1nccc1CNCCOCC(F)F. The second-order valence-corrected chi connectivity index (χ2v) is 3.09. The Kier molecular flexibility index (Phi) is 5.20. The zero-order valence-electron chi connectivity index (χ0n) is 8.62. The number of aryl methyl sites for hydroxylation is 1. The first-order chi connectivity index (χ1) is 7.20. The van der Waals surface area contributed by atoms with Crippen LogP contribution in [0.5, 0.6) is 0 Å². The smallest absolute Gasteiger partial charge is 0.261 e. The number of halogens is 2. The number of ether oxygens (including phenoxy) is 1.